The van der Waals surface area contributed by atoms with Crippen LogP contribution in [0.4, 0.5) is 0 Å². The highest BCUT2D eigenvalue weighted by molar-refractivity contribution is 9.10. The monoisotopic (exact) mass is 317 g/mol. The largest absolute Gasteiger partial charge is 0.320 e. The van der Waals surface area contributed by atoms with E-state index in [1.54, 1.807) is 0 Å². The van der Waals surface area contributed by atoms with Gasteiger partial charge in [0.15, 0.2) is 0 Å². The quantitative estimate of drug-likeness (QED) is 0.839. The van der Waals surface area contributed by atoms with Gasteiger partial charge in [-0.05, 0) is 41.7 Å². The van der Waals surface area contributed by atoms with Crippen LogP contribution < -0.4 is 5.73 Å². The van der Waals surface area contributed by atoms with Crippen LogP contribution in [0.25, 0.3) is 0 Å². The van der Waals surface area contributed by atoms with Crippen LogP contribution in [-0.2, 0) is 6.42 Å². The first-order valence-electron chi connectivity index (χ1n) is 6.80. The van der Waals surface area contributed by atoms with Crippen LogP contribution in [0.3, 0.4) is 0 Å². The van der Waals surface area contributed by atoms with Crippen LogP contribution in [0, 0.1) is 0 Å². The molecule has 0 aromatic heterocycles. The predicted octanol–water partition coefficient (Wildman–Crippen LogP) is 4.84. The van der Waals surface area contributed by atoms with Crippen molar-refractivity contribution in [1.29, 1.82) is 0 Å². The van der Waals surface area contributed by atoms with Crippen LogP contribution in [0.1, 0.15) is 42.5 Å². The van der Waals surface area contributed by atoms with Gasteiger partial charge in [0.05, 0.1) is 6.04 Å². The minimum atomic E-state index is -0.0577. The molecule has 0 heterocycles. The van der Waals surface area contributed by atoms with Crippen molar-refractivity contribution in [3.8, 4) is 0 Å². The topological polar surface area (TPSA) is 26.0 Å². The molecule has 0 fully saturated rings. The molecule has 0 amide bonds. The molecule has 19 heavy (non-hydrogen) atoms. The maximum absolute atomic E-state index is 6.31. The van der Waals surface area contributed by atoms with Crippen LogP contribution in [0.5, 0.6) is 0 Å². The fourth-order valence-electron chi connectivity index (χ4n) is 2.17. The summed E-state index contributed by atoms with van der Waals surface area (Å²) in [4.78, 5) is 0. The lowest BCUT2D eigenvalue weighted by atomic mass is 9.97. The highest BCUT2D eigenvalue weighted by Crippen LogP contribution is 2.23. The predicted molar refractivity (Wildman–Crippen MR) is 85.2 cm³/mol. The van der Waals surface area contributed by atoms with E-state index in [1.165, 1.54) is 24.0 Å². The molecule has 100 valence electrons. The number of rotatable bonds is 5. The molecule has 0 saturated heterocycles. The number of unbranched alkanes of at least 4 members (excludes halogenated alkanes) is 1. The maximum Gasteiger partial charge on any atom is 0.0552 e. The van der Waals surface area contributed by atoms with Gasteiger partial charge in [-0.2, -0.15) is 0 Å². The molecule has 0 radical (unpaired) electrons. The molecule has 2 rings (SSSR count). The first-order valence-corrected chi connectivity index (χ1v) is 7.60. The number of nitrogens with two attached hydrogens (primary N) is 1. The molecule has 2 heteroatoms. The highest BCUT2D eigenvalue weighted by atomic mass is 79.9. The number of hydrogen-bond donors (Lipinski definition) is 1. The summed E-state index contributed by atoms with van der Waals surface area (Å²) in [6.45, 7) is 2.22. The first kappa shape index (κ1) is 14.3. The second-order valence-electron chi connectivity index (χ2n) is 4.88. The Morgan fingerprint density at radius 1 is 1.05 bits per heavy atom. The molecule has 1 atom stereocenters. The fraction of sp³-hybridized carbons (Fsp3) is 0.294. The highest BCUT2D eigenvalue weighted by Gasteiger charge is 2.08. The van der Waals surface area contributed by atoms with Gasteiger partial charge >= 0.3 is 0 Å². The Morgan fingerprint density at radius 2 is 1.79 bits per heavy atom. The zero-order chi connectivity index (χ0) is 13.7. The SMILES string of the molecule is CCCCc1ccc(C(N)c2cccc(Br)c2)cc1. The standard InChI is InChI=1S/C17H20BrN/c1-2-3-5-13-8-10-14(11-9-13)17(19)15-6-4-7-16(18)12-15/h4,6-12,17H,2-3,5,19H2,1H3. The summed E-state index contributed by atoms with van der Waals surface area (Å²) in [6, 6.07) is 16.8. The number of benzene rings is 2. The Morgan fingerprint density at radius 3 is 2.42 bits per heavy atom. The summed E-state index contributed by atoms with van der Waals surface area (Å²) in [5, 5.41) is 0. The summed E-state index contributed by atoms with van der Waals surface area (Å²) in [5.41, 5.74) is 10.0. The normalized spacial score (nSPS) is 12.4. The van der Waals surface area contributed by atoms with Gasteiger partial charge in [-0.1, -0.05) is 65.7 Å². The fourth-order valence-corrected chi connectivity index (χ4v) is 2.58. The number of halogens is 1. The zero-order valence-corrected chi connectivity index (χ0v) is 12.9. The summed E-state index contributed by atoms with van der Waals surface area (Å²) in [6.07, 6.45) is 3.64. The average molecular weight is 318 g/mol. The van der Waals surface area contributed by atoms with Crippen molar-refractivity contribution in [3.05, 3.63) is 69.7 Å². The van der Waals surface area contributed by atoms with Gasteiger partial charge in [-0.3, -0.25) is 0 Å². The second-order valence-corrected chi connectivity index (χ2v) is 5.79. The van der Waals surface area contributed by atoms with E-state index in [-0.39, 0.29) is 6.04 Å². The lowest BCUT2D eigenvalue weighted by molar-refractivity contribution is 0.793. The summed E-state index contributed by atoms with van der Waals surface area (Å²) < 4.78 is 1.07. The molecule has 0 aliphatic carbocycles. The Hall–Kier alpha value is -1.12. The average Bonchev–Trinajstić information content (AvgIpc) is 2.45. The molecule has 0 bridgehead atoms. The molecule has 0 aliphatic rings. The van der Waals surface area contributed by atoms with Crippen LogP contribution in [-0.4, -0.2) is 0 Å². The summed E-state index contributed by atoms with van der Waals surface area (Å²) in [5.74, 6) is 0. The molecular formula is C17H20BrN. The van der Waals surface area contributed by atoms with Crippen molar-refractivity contribution in [2.24, 2.45) is 5.73 Å². The second kappa shape index (κ2) is 6.88. The molecule has 0 aliphatic heterocycles. The third-order valence-corrected chi connectivity index (χ3v) is 3.86. The minimum Gasteiger partial charge on any atom is -0.320 e. The van der Waals surface area contributed by atoms with E-state index >= 15 is 0 Å². The van der Waals surface area contributed by atoms with Crippen molar-refractivity contribution >= 4 is 15.9 Å². The Labute approximate surface area is 124 Å². The third-order valence-electron chi connectivity index (χ3n) is 3.37. The summed E-state index contributed by atoms with van der Waals surface area (Å²) in [7, 11) is 0. The zero-order valence-electron chi connectivity index (χ0n) is 11.3. The molecule has 2 aromatic carbocycles. The lowest BCUT2D eigenvalue weighted by Gasteiger charge is -2.13. The van der Waals surface area contributed by atoms with Crippen LogP contribution >= 0.6 is 15.9 Å². The van der Waals surface area contributed by atoms with Crippen LogP contribution in [0.15, 0.2) is 53.0 Å². The molecule has 0 saturated carbocycles. The van der Waals surface area contributed by atoms with E-state index in [0.717, 1.165) is 16.5 Å². The summed E-state index contributed by atoms with van der Waals surface area (Å²) >= 11 is 3.49. The van der Waals surface area contributed by atoms with Crippen molar-refractivity contribution in [2.45, 2.75) is 32.2 Å². The van der Waals surface area contributed by atoms with E-state index in [0.29, 0.717) is 0 Å². The smallest absolute Gasteiger partial charge is 0.0552 e. The third kappa shape index (κ3) is 3.92. The van der Waals surface area contributed by atoms with Gasteiger partial charge in [-0.15, -0.1) is 0 Å². The lowest BCUT2D eigenvalue weighted by Crippen LogP contribution is -2.11. The van der Waals surface area contributed by atoms with Gasteiger partial charge in [0.2, 0.25) is 0 Å². The van der Waals surface area contributed by atoms with Crippen molar-refractivity contribution < 1.29 is 0 Å². The van der Waals surface area contributed by atoms with Crippen LogP contribution in [0.2, 0.25) is 0 Å². The van der Waals surface area contributed by atoms with Crippen molar-refractivity contribution in [2.75, 3.05) is 0 Å². The van der Waals surface area contributed by atoms with Crippen molar-refractivity contribution in [1.82, 2.24) is 0 Å². The Kier molecular flexibility index (Phi) is 5.17. The van der Waals surface area contributed by atoms with Crippen molar-refractivity contribution in [3.63, 3.8) is 0 Å². The Bertz CT molecular complexity index is 519. The van der Waals surface area contributed by atoms with E-state index in [4.69, 9.17) is 5.73 Å². The number of aryl methyl sites for hydroxylation is 1. The van der Waals surface area contributed by atoms with Gasteiger partial charge in [0.25, 0.3) is 0 Å². The van der Waals surface area contributed by atoms with Gasteiger partial charge in [-0.25, -0.2) is 0 Å². The van der Waals surface area contributed by atoms with E-state index < -0.39 is 0 Å². The first-order chi connectivity index (χ1) is 9.20. The molecule has 0 spiro atoms. The Balaban J connectivity index is 2.13. The number of hydrogen-bond acceptors (Lipinski definition) is 1. The molecule has 2 aromatic rings. The molecule has 1 unspecified atom stereocenters. The van der Waals surface area contributed by atoms with Gasteiger partial charge < -0.3 is 5.73 Å². The van der Waals surface area contributed by atoms with Gasteiger partial charge in [0.1, 0.15) is 0 Å². The maximum atomic E-state index is 6.31. The minimum absolute atomic E-state index is 0.0577. The molecular weight excluding hydrogens is 298 g/mol. The van der Waals surface area contributed by atoms with E-state index in [2.05, 4.69) is 59.3 Å². The van der Waals surface area contributed by atoms with E-state index in [1.807, 2.05) is 12.1 Å². The van der Waals surface area contributed by atoms with E-state index in [9.17, 15) is 0 Å². The molecule has 2 N–H and O–H groups in total. The van der Waals surface area contributed by atoms with Gasteiger partial charge in [0, 0.05) is 4.47 Å². The molecule has 1 nitrogen and oxygen atoms in total.